The molecule has 1 N–H and O–H groups in total. The number of amides is 3. The van der Waals surface area contributed by atoms with E-state index in [0.29, 0.717) is 18.5 Å². The molecular weight excluding hydrogens is 384 g/mol. The summed E-state index contributed by atoms with van der Waals surface area (Å²) in [4.78, 5) is 37.8. The van der Waals surface area contributed by atoms with Gasteiger partial charge in [0.25, 0.3) is 5.91 Å². The van der Waals surface area contributed by atoms with Gasteiger partial charge in [0.15, 0.2) is 0 Å². The second-order valence-electron chi connectivity index (χ2n) is 6.26. The Hall–Kier alpha value is -2.47. The van der Waals surface area contributed by atoms with Gasteiger partial charge in [0, 0.05) is 23.0 Å². The zero-order valence-electron chi connectivity index (χ0n) is 13.3. The average molecular weight is 399 g/mol. The molecule has 4 rings (SSSR count). The van der Waals surface area contributed by atoms with E-state index in [1.807, 2.05) is 42.5 Å². The lowest BCUT2D eigenvalue weighted by Crippen LogP contribution is -2.52. The molecule has 0 aromatic heterocycles. The van der Waals surface area contributed by atoms with Gasteiger partial charge in [-0.2, -0.15) is 0 Å². The second-order valence-corrected chi connectivity index (χ2v) is 7.11. The minimum atomic E-state index is -0.587. The van der Waals surface area contributed by atoms with Crippen molar-refractivity contribution >= 4 is 33.7 Å². The third-order valence-corrected chi connectivity index (χ3v) is 5.35. The van der Waals surface area contributed by atoms with Crippen LogP contribution >= 0.6 is 15.9 Å². The van der Waals surface area contributed by atoms with Crippen molar-refractivity contribution in [3.63, 3.8) is 0 Å². The Labute approximate surface area is 153 Å². The molecule has 0 saturated carbocycles. The number of imide groups is 1. The van der Waals surface area contributed by atoms with Crippen molar-refractivity contribution < 1.29 is 14.4 Å². The molecule has 3 amide bonds. The lowest BCUT2D eigenvalue weighted by molar-refractivity contribution is -0.136. The molecule has 2 aliphatic heterocycles. The molecule has 5 nitrogen and oxygen atoms in total. The van der Waals surface area contributed by atoms with Crippen molar-refractivity contribution in [2.24, 2.45) is 0 Å². The highest BCUT2D eigenvalue weighted by molar-refractivity contribution is 9.10. The summed E-state index contributed by atoms with van der Waals surface area (Å²) in [6.45, 7) is 0.382. The van der Waals surface area contributed by atoms with Gasteiger partial charge < -0.3 is 4.90 Å². The smallest absolute Gasteiger partial charge is 0.255 e. The van der Waals surface area contributed by atoms with E-state index < -0.39 is 6.04 Å². The molecule has 0 bridgehead atoms. The predicted molar refractivity (Wildman–Crippen MR) is 95.6 cm³/mol. The molecule has 0 spiro atoms. The van der Waals surface area contributed by atoms with Crippen LogP contribution in [0, 0.1) is 0 Å². The number of nitrogens with one attached hydrogen (secondary N) is 1. The lowest BCUT2D eigenvalue weighted by atomic mass is 10.0. The highest BCUT2D eigenvalue weighted by atomic mass is 79.9. The van der Waals surface area contributed by atoms with Crippen LogP contribution in [0.25, 0.3) is 11.1 Å². The SMILES string of the molecule is O=C1CCC(N2Cc3cc(-c4ccccc4)c(Br)cc3C2=O)C(=O)N1. The first-order chi connectivity index (χ1) is 12.0. The van der Waals surface area contributed by atoms with Crippen LogP contribution in [0.2, 0.25) is 0 Å². The topological polar surface area (TPSA) is 66.5 Å². The van der Waals surface area contributed by atoms with Gasteiger partial charge in [-0.25, -0.2) is 0 Å². The summed E-state index contributed by atoms with van der Waals surface area (Å²) in [5, 5.41) is 2.32. The third kappa shape index (κ3) is 2.76. The molecule has 1 unspecified atom stereocenters. The van der Waals surface area contributed by atoms with Crippen LogP contribution in [0.4, 0.5) is 0 Å². The largest absolute Gasteiger partial charge is 0.322 e. The number of nitrogens with zero attached hydrogens (tertiary/aromatic N) is 1. The summed E-state index contributed by atoms with van der Waals surface area (Å²) in [6.07, 6.45) is 0.632. The Morgan fingerprint density at radius 1 is 1.04 bits per heavy atom. The predicted octanol–water partition coefficient (Wildman–Crippen LogP) is 2.88. The fourth-order valence-corrected chi connectivity index (χ4v) is 4.00. The van der Waals surface area contributed by atoms with E-state index in [4.69, 9.17) is 0 Å². The monoisotopic (exact) mass is 398 g/mol. The quantitative estimate of drug-likeness (QED) is 0.790. The summed E-state index contributed by atoms with van der Waals surface area (Å²) in [7, 11) is 0. The Morgan fingerprint density at radius 3 is 2.52 bits per heavy atom. The van der Waals surface area contributed by atoms with Gasteiger partial charge in [0.05, 0.1) is 0 Å². The number of piperidine rings is 1. The number of rotatable bonds is 2. The van der Waals surface area contributed by atoms with Crippen molar-refractivity contribution in [3.05, 3.63) is 58.1 Å². The zero-order valence-corrected chi connectivity index (χ0v) is 14.9. The first-order valence-electron chi connectivity index (χ1n) is 8.07. The number of carbonyl (C=O) groups is 3. The molecular formula is C19H15BrN2O3. The van der Waals surface area contributed by atoms with Gasteiger partial charge in [-0.05, 0) is 35.2 Å². The van der Waals surface area contributed by atoms with Crippen molar-refractivity contribution in [2.45, 2.75) is 25.4 Å². The van der Waals surface area contributed by atoms with E-state index in [2.05, 4.69) is 21.2 Å². The number of benzene rings is 2. The number of hydrogen-bond acceptors (Lipinski definition) is 3. The molecule has 2 aromatic carbocycles. The van der Waals surface area contributed by atoms with Gasteiger partial charge in [0.2, 0.25) is 11.8 Å². The molecule has 0 radical (unpaired) electrons. The minimum Gasteiger partial charge on any atom is -0.322 e. The fraction of sp³-hybridized carbons (Fsp3) is 0.211. The summed E-state index contributed by atoms with van der Waals surface area (Å²) in [6, 6.07) is 13.2. The molecule has 2 aromatic rings. The molecule has 6 heteroatoms. The maximum absolute atomic E-state index is 12.8. The van der Waals surface area contributed by atoms with E-state index in [-0.39, 0.29) is 24.1 Å². The molecule has 1 saturated heterocycles. The van der Waals surface area contributed by atoms with Crippen LogP contribution in [0.3, 0.4) is 0 Å². The molecule has 126 valence electrons. The summed E-state index contributed by atoms with van der Waals surface area (Å²) < 4.78 is 0.843. The molecule has 25 heavy (non-hydrogen) atoms. The van der Waals surface area contributed by atoms with Crippen LogP contribution in [0.5, 0.6) is 0 Å². The van der Waals surface area contributed by atoms with Gasteiger partial charge >= 0.3 is 0 Å². The molecule has 2 aliphatic rings. The Kier molecular flexibility index (Phi) is 3.92. The van der Waals surface area contributed by atoms with Gasteiger partial charge in [-0.3, -0.25) is 19.7 Å². The first-order valence-corrected chi connectivity index (χ1v) is 8.86. The maximum atomic E-state index is 12.8. The molecule has 2 heterocycles. The van der Waals surface area contributed by atoms with Crippen LogP contribution in [-0.2, 0) is 16.1 Å². The first kappa shape index (κ1) is 16.0. The normalized spacial score (nSPS) is 19.8. The van der Waals surface area contributed by atoms with E-state index in [1.54, 1.807) is 4.90 Å². The van der Waals surface area contributed by atoms with E-state index in [1.165, 1.54) is 0 Å². The van der Waals surface area contributed by atoms with Gasteiger partial charge in [-0.15, -0.1) is 0 Å². The van der Waals surface area contributed by atoms with Crippen LogP contribution in [0.1, 0.15) is 28.8 Å². The minimum absolute atomic E-state index is 0.162. The Morgan fingerprint density at radius 2 is 1.80 bits per heavy atom. The molecule has 1 atom stereocenters. The van der Waals surface area contributed by atoms with E-state index >= 15 is 0 Å². The van der Waals surface area contributed by atoms with E-state index in [0.717, 1.165) is 21.2 Å². The summed E-state index contributed by atoms with van der Waals surface area (Å²) in [5.41, 5.74) is 3.58. The highest BCUT2D eigenvalue weighted by Crippen LogP contribution is 2.36. The molecule has 1 fully saturated rings. The lowest BCUT2D eigenvalue weighted by Gasteiger charge is -2.29. The van der Waals surface area contributed by atoms with Gasteiger partial charge in [-0.1, -0.05) is 46.3 Å². The third-order valence-electron chi connectivity index (χ3n) is 4.70. The Balaban J connectivity index is 1.68. The maximum Gasteiger partial charge on any atom is 0.255 e. The second kappa shape index (κ2) is 6.11. The van der Waals surface area contributed by atoms with Crippen molar-refractivity contribution in [1.82, 2.24) is 10.2 Å². The zero-order chi connectivity index (χ0) is 17.6. The number of carbonyl (C=O) groups excluding carboxylic acids is 3. The van der Waals surface area contributed by atoms with Crippen molar-refractivity contribution in [2.75, 3.05) is 0 Å². The van der Waals surface area contributed by atoms with Crippen LogP contribution < -0.4 is 5.32 Å². The standard InChI is InChI=1S/C19H15BrN2O3/c20-15-9-14-12(8-13(15)11-4-2-1-3-5-11)10-22(19(14)25)16-6-7-17(23)21-18(16)24/h1-5,8-9,16H,6-7,10H2,(H,21,23,24). The summed E-state index contributed by atoms with van der Waals surface area (Å²) in [5.74, 6) is -0.830. The number of halogens is 1. The fourth-order valence-electron chi connectivity index (χ4n) is 3.43. The summed E-state index contributed by atoms with van der Waals surface area (Å²) >= 11 is 3.56. The van der Waals surface area contributed by atoms with Crippen molar-refractivity contribution in [1.29, 1.82) is 0 Å². The van der Waals surface area contributed by atoms with Crippen LogP contribution in [-0.4, -0.2) is 28.7 Å². The van der Waals surface area contributed by atoms with Crippen molar-refractivity contribution in [3.8, 4) is 11.1 Å². The average Bonchev–Trinajstić information content (AvgIpc) is 2.91. The van der Waals surface area contributed by atoms with E-state index in [9.17, 15) is 14.4 Å². The van der Waals surface area contributed by atoms with Gasteiger partial charge in [0.1, 0.15) is 6.04 Å². The van der Waals surface area contributed by atoms with Crippen LogP contribution in [0.15, 0.2) is 46.9 Å². The highest BCUT2D eigenvalue weighted by Gasteiger charge is 2.39. The number of fused-ring (bicyclic) bond motifs is 1. The molecule has 0 aliphatic carbocycles. The number of hydrogen-bond donors (Lipinski definition) is 1. The Bertz CT molecular complexity index is 895.